The maximum absolute atomic E-state index is 13.5. The van der Waals surface area contributed by atoms with Crippen LogP contribution >= 0.6 is 0 Å². The highest BCUT2D eigenvalue weighted by Gasteiger charge is 2.10. The lowest BCUT2D eigenvalue weighted by Gasteiger charge is -2.20. The molecule has 140 valence electrons. The van der Waals surface area contributed by atoms with Gasteiger partial charge in [-0.2, -0.15) is 0 Å². The molecule has 1 atom stereocenters. The number of hydrogen-bond acceptors (Lipinski definition) is 4. The summed E-state index contributed by atoms with van der Waals surface area (Å²) in [6.45, 7) is 1.33. The van der Waals surface area contributed by atoms with Crippen molar-refractivity contribution in [2.75, 3.05) is 27.2 Å². The smallest absolute Gasteiger partial charge is 0.251 e. The fourth-order valence-corrected chi connectivity index (χ4v) is 2.61. The van der Waals surface area contributed by atoms with E-state index in [0.717, 1.165) is 5.56 Å². The number of aliphatic hydroxyl groups is 1. The van der Waals surface area contributed by atoms with Crippen LogP contribution in [0.2, 0.25) is 0 Å². The van der Waals surface area contributed by atoms with Gasteiger partial charge in [-0.3, -0.25) is 9.69 Å². The lowest BCUT2D eigenvalue weighted by Crippen LogP contribution is -2.31. The normalized spacial score (nSPS) is 12.2. The molecule has 0 aliphatic carbocycles. The third kappa shape index (κ3) is 6.22. The topological polar surface area (TPSA) is 61.8 Å². The molecular formula is C20H25FN2O3. The van der Waals surface area contributed by atoms with Crippen LogP contribution in [0, 0.1) is 5.82 Å². The van der Waals surface area contributed by atoms with Crippen LogP contribution in [-0.2, 0) is 17.9 Å². The predicted octanol–water partition coefficient (Wildman–Crippen LogP) is 2.19. The van der Waals surface area contributed by atoms with E-state index in [1.165, 1.54) is 6.07 Å². The first-order valence-electron chi connectivity index (χ1n) is 8.48. The second-order valence-corrected chi connectivity index (χ2v) is 6.23. The zero-order chi connectivity index (χ0) is 18.9. The summed E-state index contributed by atoms with van der Waals surface area (Å²) in [5, 5.41) is 12.7. The fourth-order valence-electron chi connectivity index (χ4n) is 2.61. The summed E-state index contributed by atoms with van der Waals surface area (Å²) in [5.41, 5.74) is 2.13. The van der Waals surface area contributed by atoms with Crippen molar-refractivity contribution in [3.05, 3.63) is 71.0 Å². The number of amides is 1. The standard InChI is InChI=1S/C20H25FN2O3/c1-22-20(25)16-9-7-15(8-10-16)11-23(2)12-18(24)14-26-13-17-5-3-4-6-19(17)21/h3-10,18,24H,11-14H2,1-2H3,(H,22,25). The third-order valence-corrected chi connectivity index (χ3v) is 3.94. The average molecular weight is 360 g/mol. The minimum Gasteiger partial charge on any atom is -0.389 e. The van der Waals surface area contributed by atoms with Crippen molar-refractivity contribution in [3.63, 3.8) is 0 Å². The van der Waals surface area contributed by atoms with Crippen LogP contribution < -0.4 is 5.32 Å². The lowest BCUT2D eigenvalue weighted by atomic mass is 10.1. The molecule has 0 saturated heterocycles. The molecule has 0 heterocycles. The molecule has 2 aromatic rings. The number of aliphatic hydroxyl groups excluding tert-OH is 1. The van der Waals surface area contributed by atoms with E-state index in [1.54, 1.807) is 37.4 Å². The number of likely N-dealkylation sites (N-methyl/N-ethyl adjacent to an activating group) is 1. The number of rotatable bonds is 9. The van der Waals surface area contributed by atoms with Gasteiger partial charge in [-0.05, 0) is 30.8 Å². The minimum atomic E-state index is -0.670. The van der Waals surface area contributed by atoms with Crippen LogP contribution in [0.15, 0.2) is 48.5 Å². The lowest BCUT2D eigenvalue weighted by molar-refractivity contribution is 0.0119. The Bertz CT molecular complexity index is 706. The van der Waals surface area contributed by atoms with E-state index in [0.29, 0.717) is 24.2 Å². The van der Waals surface area contributed by atoms with Gasteiger partial charge in [-0.25, -0.2) is 4.39 Å². The van der Waals surface area contributed by atoms with Crippen molar-refractivity contribution in [3.8, 4) is 0 Å². The molecule has 0 bridgehead atoms. The van der Waals surface area contributed by atoms with Gasteiger partial charge in [0.1, 0.15) is 5.82 Å². The number of carbonyl (C=O) groups is 1. The average Bonchev–Trinajstić information content (AvgIpc) is 2.63. The van der Waals surface area contributed by atoms with Gasteiger partial charge in [-0.1, -0.05) is 30.3 Å². The van der Waals surface area contributed by atoms with Gasteiger partial charge < -0.3 is 15.2 Å². The Morgan fingerprint density at radius 2 is 1.92 bits per heavy atom. The van der Waals surface area contributed by atoms with Gasteiger partial charge in [-0.15, -0.1) is 0 Å². The number of nitrogens with zero attached hydrogens (tertiary/aromatic N) is 1. The zero-order valence-electron chi connectivity index (χ0n) is 15.1. The molecule has 1 unspecified atom stereocenters. The van der Waals surface area contributed by atoms with Crippen molar-refractivity contribution in [1.29, 1.82) is 0 Å². The molecule has 0 saturated carbocycles. The zero-order valence-corrected chi connectivity index (χ0v) is 15.1. The van der Waals surface area contributed by atoms with Crippen molar-refractivity contribution >= 4 is 5.91 Å². The first kappa shape index (κ1) is 20.0. The Balaban J connectivity index is 1.73. The molecule has 0 fully saturated rings. The third-order valence-electron chi connectivity index (χ3n) is 3.94. The summed E-state index contributed by atoms with van der Waals surface area (Å²) in [4.78, 5) is 13.5. The molecule has 2 rings (SSSR count). The van der Waals surface area contributed by atoms with Gasteiger partial charge in [0.2, 0.25) is 0 Å². The van der Waals surface area contributed by atoms with Gasteiger partial charge in [0.25, 0.3) is 5.91 Å². The number of hydrogen-bond donors (Lipinski definition) is 2. The van der Waals surface area contributed by atoms with Crippen molar-refractivity contribution < 1.29 is 19.0 Å². The molecule has 0 radical (unpaired) electrons. The van der Waals surface area contributed by atoms with Crippen molar-refractivity contribution in [1.82, 2.24) is 10.2 Å². The summed E-state index contributed by atoms with van der Waals surface area (Å²) in [5.74, 6) is -0.424. The highest BCUT2D eigenvalue weighted by molar-refractivity contribution is 5.93. The fraction of sp³-hybridized carbons (Fsp3) is 0.350. The second kappa shape index (κ2) is 10.0. The maximum Gasteiger partial charge on any atom is 0.251 e. The highest BCUT2D eigenvalue weighted by Crippen LogP contribution is 2.09. The predicted molar refractivity (Wildman–Crippen MR) is 98.2 cm³/mol. The number of nitrogens with one attached hydrogen (secondary N) is 1. The first-order chi connectivity index (χ1) is 12.5. The SMILES string of the molecule is CNC(=O)c1ccc(CN(C)CC(O)COCc2ccccc2F)cc1. The summed E-state index contributed by atoms with van der Waals surface area (Å²) in [7, 11) is 3.49. The molecule has 2 aromatic carbocycles. The van der Waals surface area contributed by atoms with E-state index in [9.17, 15) is 14.3 Å². The quantitative estimate of drug-likeness (QED) is 0.720. The van der Waals surface area contributed by atoms with Gasteiger partial charge >= 0.3 is 0 Å². The minimum absolute atomic E-state index is 0.118. The monoisotopic (exact) mass is 360 g/mol. The number of benzene rings is 2. The molecule has 6 heteroatoms. The van der Waals surface area contributed by atoms with Crippen LogP contribution in [0.4, 0.5) is 4.39 Å². The Morgan fingerprint density at radius 3 is 2.58 bits per heavy atom. The summed E-state index contributed by atoms with van der Waals surface area (Å²) >= 11 is 0. The van der Waals surface area contributed by atoms with Crippen molar-refractivity contribution in [2.24, 2.45) is 0 Å². The first-order valence-corrected chi connectivity index (χ1v) is 8.48. The highest BCUT2D eigenvalue weighted by atomic mass is 19.1. The van der Waals surface area contributed by atoms with Crippen LogP contribution in [0.1, 0.15) is 21.5 Å². The maximum atomic E-state index is 13.5. The van der Waals surface area contributed by atoms with E-state index in [1.807, 2.05) is 24.1 Å². The summed E-state index contributed by atoms with van der Waals surface area (Å²) in [6, 6.07) is 13.8. The molecule has 0 aliphatic rings. The molecule has 0 aromatic heterocycles. The Labute approximate surface area is 153 Å². The van der Waals surface area contributed by atoms with E-state index >= 15 is 0 Å². The van der Waals surface area contributed by atoms with Crippen LogP contribution in [0.3, 0.4) is 0 Å². The van der Waals surface area contributed by atoms with E-state index in [-0.39, 0.29) is 24.9 Å². The van der Waals surface area contributed by atoms with E-state index in [2.05, 4.69) is 5.32 Å². The van der Waals surface area contributed by atoms with E-state index in [4.69, 9.17) is 4.74 Å². The van der Waals surface area contributed by atoms with Crippen LogP contribution in [0.25, 0.3) is 0 Å². The van der Waals surface area contributed by atoms with E-state index < -0.39 is 6.10 Å². The Morgan fingerprint density at radius 1 is 1.23 bits per heavy atom. The number of halogens is 1. The van der Waals surface area contributed by atoms with Crippen molar-refractivity contribution in [2.45, 2.75) is 19.3 Å². The number of ether oxygens (including phenoxy) is 1. The summed E-state index contributed by atoms with van der Waals surface area (Å²) < 4.78 is 18.9. The molecule has 26 heavy (non-hydrogen) atoms. The van der Waals surface area contributed by atoms with Gasteiger partial charge in [0, 0.05) is 31.3 Å². The Kier molecular flexibility index (Phi) is 7.72. The molecular weight excluding hydrogens is 335 g/mol. The van der Waals surface area contributed by atoms with Crippen LogP contribution in [0.5, 0.6) is 0 Å². The van der Waals surface area contributed by atoms with Gasteiger partial charge in [0.15, 0.2) is 0 Å². The summed E-state index contributed by atoms with van der Waals surface area (Å²) in [6.07, 6.45) is -0.670. The number of carbonyl (C=O) groups excluding carboxylic acids is 1. The molecule has 5 nitrogen and oxygen atoms in total. The Hall–Kier alpha value is -2.28. The molecule has 0 aliphatic heterocycles. The molecule has 0 spiro atoms. The molecule has 2 N–H and O–H groups in total. The molecule has 1 amide bonds. The largest absolute Gasteiger partial charge is 0.389 e. The second-order valence-electron chi connectivity index (χ2n) is 6.23. The van der Waals surface area contributed by atoms with Gasteiger partial charge in [0.05, 0.1) is 19.3 Å². The van der Waals surface area contributed by atoms with Crippen LogP contribution in [-0.4, -0.2) is 49.3 Å².